The third-order valence-electron chi connectivity index (χ3n) is 3.02. The van der Waals surface area contributed by atoms with E-state index in [-0.39, 0.29) is 17.6 Å². The molecule has 0 bridgehead atoms. The second kappa shape index (κ2) is 5.77. The second-order valence-corrected chi connectivity index (χ2v) is 4.36. The van der Waals surface area contributed by atoms with E-state index in [9.17, 15) is 9.59 Å². The molecular weight excluding hydrogens is 234 g/mol. The molecule has 2 rings (SSSR count). The van der Waals surface area contributed by atoms with Crippen molar-refractivity contribution in [3.8, 4) is 0 Å². The molecule has 1 aromatic rings. The van der Waals surface area contributed by atoms with Crippen LogP contribution in [0.2, 0.25) is 0 Å². The highest BCUT2D eigenvalue weighted by Crippen LogP contribution is 2.11. The van der Waals surface area contributed by atoms with Crippen LogP contribution in [0.3, 0.4) is 0 Å². The van der Waals surface area contributed by atoms with Gasteiger partial charge in [-0.2, -0.15) is 5.10 Å². The quantitative estimate of drug-likeness (QED) is 0.823. The number of hydrogen-bond donors (Lipinski definition) is 1. The van der Waals surface area contributed by atoms with Gasteiger partial charge in [-0.15, -0.1) is 0 Å². The summed E-state index contributed by atoms with van der Waals surface area (Å²) in [6.07, 6.45) is 3.60. The van der Waals surface area contributed by atoms with Gasteiger partial charge in [0.1, 0.15) is 6.04 Å². The van der Waals surface area contributed by atoms with E-state index < -0.39 is 6.04 Å². The van der Waals surface area contributed by atoms with Gasteiger partial charge in [-0.3, -0.25) is 9.59 Å². The Bertz CT molecular complexity index is 466. The molecule has 1 saturated heterocycles. The van der Waals surface area contributed by atoms with Crippen molar-refractivity contribution in [3.05, 3.63) is 28.7 Å². The van der Waals surface area contributed by atoms with E-state index >= 15 is 0 Å². The van der Waals surface area contributed by atoms with E-state index in [4.69, 9.17) is 4.74 Å². The average molecular weight is 251 g/mol. The van der Waals surface area contributed by atoms with Crippen LogP contribution in [0, 0.1) is 0 Å². The predicted octanol–water partition coefficient (Wildman–Crippen LogP) is 0.0995. The summed E-state index contributed by atoms with van der Waals surface area (Å²) in [4.78, 5) is 23.4. The molecule has 2 atom stereocenters. The molecular formula is C12H17N3O3. The third kappa shape index (κ3) is 2.95. The van der Waals surface area contributed by atoms with Gasteiger partial charge in [0.2, 0.25) is 5.91 Å². The summed E-state index contributed by atoms with van der Waals surface area (Å²) < 4.78 is 6.59. The van der Waals surface area contributed by atoms with Gasteiger partial charge in [0.25, 0.3) is 5.56 Å². The molecule has 98 valence electrons. The van der Waals surface area contributed by atoms with Gasteiger partial charge in [-0.05, 0) is 25.8 Å². The molecule has 0 radical (unpaired) electrons. The van der Waals surface area contributed by atoms with Crippen molar-refractivity contribution in [2.45, 2.75) is 31.9 Å². The highest BCUT2D eigenvalue weighted by atomic mass is 16.5. The summed E-state index contributed by atoms with van der Waals surface area (Å²) in [6, 6.07) is 2.33. The fourth-order valence-electron chi connectivity index (χ4n) is 1.94. The highest BCUT2D eigenvalue weighted by Gasteiger charge is 2.20. The lowest BCUT2D eigenvalue weighted by Gasteiger charge is -2.15. The number of carbonyl (C=O) groups is 1. The van der Waals surface area contributed by atoms with Crippen LogP contribution in [-0.4, -0.2) is 34.9 Å². The zero-order valence-corrected chi connectivity index (χ0v) is 10.3. The molecule has 0 saturated carbocycles. The first-order valence-electron chi connectivity index (χ1n) is 6.11. The molecule has 0 aliphatic carbocycles. The molecule has 1 amide bonds. The van der Waals surface area contributed by atoms with E-state index in [1.54, 1.807) is 13.0 Å². The lowest BCUT2D eigenvalue weighted by molar-refractivity contribution is -0.124. The van der Waals surface area contributed by atoms with E-state index in [1.807, 2.05) is 0 Å². The topological polar surface area (TPSA) is 73.2 Å². The number of nitrogens with zero attached hydrogens (tertiary/aromatic N) is 2. The van der Waals surface area contributed by atoms with E-state index in [2.05, 4.69) is 10.4 Å². The number of ether oxygens (including phenoxy) is 1. The summed E-state index contributed by atoms with van der Waals surface area (Å²) in [7, 11) is 0. The minimum atomic E-state index is -0.611. The molecule has 2 unspecified atom stereocenters. The Kier molecular flexibility index (Phi) is 4.09. The molecule has 6 nitrogen and oxygen atoms in total. The maximum Gasteiger partial charge on any atom is 0.267 e. The van der Waals surface area contributed by atoms with Crippen molar-refractivity contribution in [1.82, 2.24) is 15.1 Å². The summed E-state index contributed by atoms with van der Waals surface area (Å²) in [5, 5.41) is 6.68. The van der Waals surface area contributed by atoms with Gasteiger partial charge in [-0.1, -0.05) is 0 Å². The Hall–Kier alpha value is -1.69. The Morgan fingerprint density at radius 1 is 1.72 bits per heavy atom. The number of amides is 1. The van der Waals surface area contributed by atoms with Gasteiger partial charge < -0.3 is 10.1 Å². The van der Waals surface area contributed by atoms with Crippen LogP contribution in [-0.2, 0) is 9.53 Å². The van der Waals surface area contributed by atoms with Gasteiger partial charge in [0.05, 0.1) is 6.10 Å². The highest BCUT2D eigenvalue weighted by molar-refractivity contribution is 5.79. The van der Waals surface area contributed by atoms with Crippen molar-refractivity contribution < 1.29 is 9.53 Å². The van der Waals surface area contributed by atoms with Crippen LogP contribution in [0.15, 0.2) is 23.1 Å². The standard InChI is InChI=1S/C12H17N3O3/c1-9(15-11(16)5-2-6-14-15)12(17)13-8-10-4-3-7-18-10/h2,5-6,9-10H,3-4,7-8H2,1H3,(H,13,17). The minimum Gasteiger partial charge on any atom is -0.376 e. The van der Waals surface area contributed by atoms with Crippen molar-refractivity contribution in [1.29, 1.82) is 0 Å². The molecule has 2 heterocycles. The third-order valence-corrected chi connectivity index (χ3v) is 3.02. The van der Waals surface area contributed by atoms with Crippen molar-refractivity contribution in [2.75, 3.05) is 13.2 Å². The van der Waals surface area contributed by atoms with Crippen LogP contribution in [0.1, 0.15) is 25.8 Å². The van der Waals surface area contributed by atoms with Crippen molar-refractivity contribution in [2.24, 2.45) is 0 Å². The molecule has 18 heavy (non-hydrogen) atoms. The van der Waals surface area contributed by atoms with Gasteiger partial charge in [0, 0.05) is 25.4 Å². The first-order valence-corrected chi connectivity index (χ1v) is 6.11. The summed E-state index contributed by atoms with van der Waals surface area (Å²) >= 11 is 0. The number of nitrogens with one attached hydrogen (secondary N) is 1. The lowest BCUT2D eigenvalue weighted by Crippen LogP contribution is -2.39. The maximum atomic E-state index is 11.9. The smallest absolute Gasteiger partial charge is 0.267 e. The average Bonchev–Trinajstić information content (AvgIpc) is 2.89. The number of aromatic nitrogens is 2. The van der Waals surface area contributed by atoms with Gasteiger partial charge in [0.15, 0.2) is 0 Å². The number of carbonyl (C=O) groups excluding carboxylic acids is 1. The van der Waals surface area contributed by atoms with E-state index in [0.29, 0.717) is 6.54 Å². The molecule has 1 fully saturated rings. The van der Waals surface area contributed by atoms with Crippen LogP contribution in [0.25, 0.3) is 0 Å². The Morgan fingerprint density at radius 2 is 2.56 bits per heavy atom. The molecule has 1 N–H and O–H groups in total. The number of rotatable bonds is 4. The summed E-state index contributed by atoms with van der Waals surface area (Å²) in [5.74, 6) is -0.216. The normalized spacial score (nSPS) is 20.6. The molecule has 0 aromatic carbocycles. The van der Waals surface area contributed by atoms with E-state index in [0.717, 1.165) is 19.4 Å². The van der Waals surface area contributed by atoms with E-state index in [1.165, 1.54) is 16.9 Å². The van der Waals surface area contributed by atoms with Crippen LogP contribution < -0.4 is 10.9 Å². The van der Waals surface area contributed by atoms with Crippen LogP contribution in [0.5, 0.6) is 0 Å². The monoisotopic (exact) mass is 251 g/mol. The molecule has 6 heteroatoms. The van der Waals surface area contributed by atoms with Gasteiger partial charge >= 0.3 is 0 Å². The van der Waals surface area contributed by atoms with Crippen LogP contribution >= 0.6 is 0 Å². The van der Waals surface area contributed by atoms with Gasteiger partial charge in [-0.25, -0.2) is 4.68 Å². The zero-order valence-electron chi connectivity index (χ0n) is 10.3. The molecule has 0 spiro atoms. The largest absolute Gasteiger partial charge is 0.376 e. The first kappa shape index (κ1) is 12.8. The fraction of sp³-hybridized carbons (Fsp3) is 0.583. The zero-order chi connectivity index (χ0) is 13.0. The SMILES string of the molecule is CC(C(=O)NCC1CCCO1)n1ncccc1=O. The minimum absolute atomic E-state index is 0.0987. The Balaban J connectivity index is 1.92. The molecule has 1 aromatic heterocycles. The molecule has 1 aliphatic heterocycles. The first-order chi connectivity index (χ1) is 8.68. The number of hydrogen-bond acceptors (Lipinski definition) is 4. The lowest BCUT2D eigenvalue weighted by atomic mass is 10.2. The maximum absolute atomic E-state index is 11.9. The van der Waals surface area contributed by atoms with Crippen molar-refractivity contribution >= 4 is 5.91 Å². The van der Waals surface area contributed by atoms with Crippen LogP contribution in [0.4, 0.5) is 0 Å². The Morgan fingerprint density at radius 3 is 3.22 bits per heavy atom. The fourth-order valence-corrected chi connectivity index (χ4v) is 1.94. The molecule has 1 aliphatic rings. The second-order valence-electron chi connectivity index (χ2n) is 4.36. The summed E-state index contributed by atoms with van der Waals surface area (Å²) in [6.45, 7) is 2.90. The Labute approximate surface area is 105 Å². The van der Waals surface area contributed by atoms with Crippen molar-refractivity contribution in [3.63, 3.8) is 0 Å². The summed E-state index contributed by atoms with van der Waals surface area (Å²) in [5.41, 5.74) is -0.280. The predicted molar refractivity (Wildman–Crippen MR) is 65.2 cm³/mol.